The van der Waals surface area contributed by atoms with Crippen molar-refractivity contribution in [2.45, 2.75) is 13.1 Å². The van der Waals surface area contributed by atoms with Gasteiger partial charge in [-0.25, -0.2) is 4.98 Å². The first-order valence-electron chi connectivity index (χ1n) is 5.86. The fourth-order valence-corrected chi connectivity index (χ4v) is 1.96. The van der Waals surface area contributed by atoms with Crippen molar-refractivity contribution < 1.29 is 22.9 Å². The van der Waals surface area contributed by atoms with Gasteiger partial charge < -0.3 is 9.88 Å². The van der Waals surface area contributed by atoms with Crippen molar-refractivity contribution in [1.29, 1.82) is 0 Å². The number of alkyl halides is 3. The number of halogens is 3. The highest BCUT2D eigenvalue weighted by Crippen LogP contribution is 2.43. The van der Waals surface area contributed by atoms with E-state index in [1.165, 1.54) is 12.4 Å². The first-order chi connectivity index (χ1) is 10.2. The third kappa shape index (κ3) is 2.90. The van der Waals surface area contributed by atoms with Crippen LogP contribution in [0, 0.1) is 10.1 Å². The van der Waals surface area contributed by atoms with Gasteiger partial charge in [0.15, 0.2) is 5.56 Å². The van der Waals surface area contributed by atoms with Crippen molar-refractivity contribution in [1.82, 2.24) is 9.55 Å². The predicted octanol–water partition coefficient (Wildman–Crippen LogP) is 2.76. The molecule has 10 heteroatoms. The zero-order valence-corrected chi connectivity index (χ0v) is 11.1. The van der Waals surface area contributed by atoms with Crippen LogP contribution in [0.3, 0.4) is 0 Å². The van der Waals surface area contributed by atoms with Crippen molar-refractivity contribution >= 4 is 17.3 Å². The molecule has 1 aromatic carbocycles. The van der Waals surface area contributed by atoms with E-state index in [-0.39, 0.29) is 0 Å². The fourth-order valence-electron chi connectivity index (χ4n) is 1.96. The Balaban J connectivity index is 2.81. The minimum atomic E-state index is -4.99. The molecular formula is C12H9F3N4O3. The molecule has 1 aromatic heterocycles. The van der Waals surface area contributed by atoms with Crippen LogP contribution in [-0.2, 0) is 11.0 Å². The average Bonchev–Trinajstić information content (AvgIpc) is 2.89. The highest BCUT2D eigenvalue weighted by Gasteiger charge is 2.43. The van der Waals surface area contributed by atoms with E-state index >= 15 is 0 Å². The van der Waals surface area contributed by atoms with E-state index < -0.39 is 39.6 Å². The lowest BCUT2D eigenvalue weighted by Crippen LogP contribution is -2.16. The number of hydrogen-bond donors (Lipinski definition) is 1. The number of benzene rings is 1. The summed E-state index contributed by atoms with van der Waals surface area (Å²) in [4.78, 5) is 24.6. The van der Waals surface area contributed by atoms with E-state index in [1.807, 2.05) is 5.32 Å². The molecule has 22 heavy (non-hydrogen) atoms. The van der Waals surface area contributed by atoms with Gasteiger partial charge in [0.05, 0.1) is 16.9 Å². The van der Waals surface area contributed by atoms with Crippen LogP contribution in [-0.4, -0.2) is 20.4 Å². The molecule has 0 fully saturated rings. The van der Waals surface area contributed by atoms with Crippen LogP contribution < -0.4 is 5.32 Å². The van der Waals surface area contributed by atoms with Gasteiger partial charge in [0, 0.05) is 19.3 Å². The highest BCUT2D eigenvalue weighted by molar-refractivity contribution is 5.92. The van der Waals surface area contributed by atoms with E-state index in [9.17, 15) is 28.1 Å². The first kappa shape index (κ1) is 15.5. The van der Waals surface area contributed by atoms with Gasteiger partial charge >= 0.3 is 11.9 Å². The Hall–Kier alpha value is -2.91. The molecule has 0 radical (unpaired) electrons. The highest BCUT2D eigenvalue weighted by atomic mass is 19.4. The summed E-state index contributed by atoms with van der Waals surface area (Å²) in [6.45, 7) is 1.04. The van der Waals surface area contributed by atoms with E-state index in [2.05, 4.69) is 4.98 Å². The monoisotopic (exact) mass is 314 g/mol. The minimum Gasteiger partial charge on any atom is -0.321 e. The van der Waals surface area contributed by atoms with Gasteiger partial charge in [0.25, 0.3) is 0 Å². The lowest BCUT2D eigenvalue weighted by atomic mass is 10.1. The summed E-state index contributed by atoms with van der Waals surface area (Å²) in [7, 11) is 0. The minimum absolute atomic E-state index is 0.453. The zero-order valence-electron chi connectivity index (χ0n) is 11.1. The molecule has 116 valence electrons. The summed E-state index contributed by atoms with van der Waals surface area (Å²) in [5.41, 5.74) is -3.64. The molecule has 0 aliphatic rings. The largest absolute Gasteiger partial charge is 0.425 e. The summed E-state index contributed by atoms with van der Waals surface area (Å²) in [5, 5.41) is 13.2. The molecule has 0 aliphatic heterocycles. The van der Waals surface area contributed by atoms with Gasteiger partial charge in [-0.15, -0.1) is 0 Å². The number of nitro benzene ring substituents is 1. The zero-order chi connectivity index (χ0) is 16.5. The van der Waals surface area contributed by atoms with Crippen LogP contribution >= 0.6 is 0 Å². The molecule has 0 atom stereocenters. The van der Waals surface area contributed by atoms with Crippen LogP contribution in [0.2, 0.25) is 0 Å². The summed E-state index contributed by atoms with van der Waals surface area (Å²) in [5.74, 6) is -0.716. The molecule has 0 saturated carbocycles. The number of nitrogens with one attached hydrogen (secondary N) is 1. The second-order valence-corrected chi connectivity index (χ2v) is 4.26. The molecule has 1 heterocycles. The smallest absolute Gasteiger partial charge is 0.321 e. The number of carbonyl (C=O) groups excluding carboxylic acids is 1. The Bertz CT molecular complexity index is 726. The molecular weight excluding hydrogens is 305 g/mol. The van der Waals surface area contributed by atoms with Gasteiger partial charge in [-0.05, 0) is 12.1 Å². The van der Waals surface area contributed by atoms with Crippen molar-refractivity contribution in [2.75, 3.05) is 5.32 Å². The molecule has 1 amide bonds. The van der Waals surface area contributed by atoms with Crippen LogP contribution in [0.25, 0.3) is 5.69 Å². The molecule has 0 spiro atoms. The fraction of sp³-hybridized carbons (Fsp3) is 0.167. The summed E-state index contributed by atoms with van der Waals surface area (Å²) in [6.07, 6.45) is -1.43. The average molecular weight is 314 g/mol. The first-order valence-corrected chi connectivity index (χ1v) is 5.86. The van der Waals surface area contributed by atoms with Gasteiger partial charge in [0.2, 0.25) is 5.91 Å². The number of amides is 1. The Labute approximate surface area is 121 Å². The molecule has 2 rings (SSSR count). The summed E-state index contributed by atoms with van der Waals surface area (Å²) < 4.78 is 41.0. The number of nitrogens with zero attached hydrogens (tertiary/aromatic N) is 3. The number of rotatable bonds is 3. The van der Waals surface area contributed by atoms with Crippen molar-refractivity contribution in [3.8, 4) is 5.69 Å². The number of nitro groups is 1. The van der Waals surface area contributed by atoms with E-state index in [0.29, 0.717) is 0 Å². The standard InChI is InChI=1S/C12H9F3N4O3/c1-7(20)17-8-2-3-9(18-5-4-16-6-18)10(12(13,14)15)11(8)19(21)22/h2-6H,1H3,(H,17,20). The number of anilines is 1. The van der Waals surface area contributed by atoms with E-state index in [1.54, 1.807) is 0 Å². The van der Waals surface area contributed by atoms with Gasteiger partial charge in [-0.3, -0.25) is 14.9 Å². The number of imidazole rings is 1. The normalized spacial score (nSPS) is 11.3. The second kappa shape index (κ2) is 5.47. The summed E-state index contributed by atoms with van der Waals surface area (Å²) >= 11 is 0. The van der Waals surface area contributed by atoms with Crippen molar-refractivity contribution in [3.05, 3.63) is 46.5 Å². The Morgan fingerprint density at radius 3 is 2.55 bits per heavy atom. The molecule has 0 saturated heterocycles. The molecule has 0 aliphatic carbocycles. The number of carbonyl (C=O) groups is 1. The van der Waals surface area contributed by atoms with Gasteiger partial charge in [-0.1, -0.05) is 0 Å². The van der Waals surface area contributed by atoms with Crippen LogP contribution in [0.4, 0.5) is 24.5 Å². The topological polar surface area (TPSA) is 90.1 Å². The number of aromatic nitrogens is 2. The van der Waals surface area contributed by atoms with Crippen molar-refractivity contribution in [3.63, 3.8) is 0 Å². The Morgan fingerprint density at radius 2 is 2.09 bits per heavy atom. The maximum atomic E-state index is 13.3. The lowest BCUT2D eigenvalue weighted by Gasteiger charge is -2.16. The molecule has 7 nitrogen and oxygen atoms in total. The lowest BCUT2D eigenvalue weighted by molar-refractivity contribution is -0.387. The van der Waals surface area contributed by atoms with E-state index in [0.717, 1.165) is 30.0 Å². The maximum absolute atomic E-state index is 13.3. The number of hydrogen-bond acceptors (Lipinski definition) is 4. The SMILES string of the molecule is CC(=O)Nc1ccc(-n2ccnc2)c(C(F)(F)F)c1[N+](=O)[O-]. The Morgan fingerprint density at radius 1 is 1.41 bits per heavy atom. The predicted molar refractivity (Wildman–Crippen MR) is 69.5 cm³/mol. The third-order valence-corrected chi connectivity index (χ3v) is 2.72. The van der Waals surface area contributed by atoms with Gasteiger partial charge in [0.1, 0.15) is 5.69 Å². The molecule has 0 bridgehead atoms. The molecule has 1 N–H and O–H groups in total. The second-order valence-electron chi connectivity index (χ2n) is 4.26. The summed E-state index contributed by atoms with van der Waals surface area (Å²) in [6, 6.07) is 2.08. The van der Waals surface area contributed by atoms with Crippen LogP contribution in [0.1, 0.15) is 12.5 Å². The van der Waals surface area contributed by atoms with Crippen molar-refractivity contribution in [2.24, 2.45) is 0 Å². The quantitative estimate of drug-likeness (QED) is 0.696. The maximum Gasteiger partial charge on any atom is 0.425 e. The van der Waals surface area contributed by atoms with Gasteiger partial charge in [-0.2, -0.15) is 13.2 Å². The molecule has 0 unspecified atom stereocenters. The third-order valence-electron chi connectivity index (χ3n) is 2.72. The Kier molecular flexibility index (Phi) is 3.85. The van der Waals surface area contributed by atoms with E-state index in [4.69, 9.17) is 0 Å². The molecule has 2 aromatic rings. The van der Waals surface area contributed by atoms with Crippen LogP contribution in [0.5, 0.6) is 0 Å². The van der Waals surface area contributed by atoms with Crippen LogP contribution in [0.15, 0.2) is 30.9 Å².